The molecule has 0 spiro atoms. The number of halogens is 3. The molecular weight excluding hydrogens is 419 g/mol. The highest BCUT2D eigenvalue weighted by Gasteiger charge is 2.29. The molecule has 8 heteroatoms. The van der Waals surface area contributed by atoms with Crippen LogP contribution in [0, 0.1) is 0 Å². The first-order valence-electron chi connectivity index (χ1n) is 5.60. The van der Waals surface area contributed by atoms with Crippen molar-refractivity contribution in [2.24, 2.45) is 0 Å². The average Bonchev–Trinajstić information content (AvgIpc) is 2.32. The smallest absolute Gasteiger partial charge is 0.244 e. The van der Waals surface area contributed by atoms with E-state index >= 15 is 0 Å². The number of piperazine rings is 1. The van der Waals surface area contributed by atoms with E-state index in [9.17, 15) is 8.42 Å². The van der Waals surface area contributed by atoms with Gasteiger partial charge >= 0.3 is 0 Å². The van der Waals surface area contributed by atoms with Crippen LogP contribution in [0.5, 0.6) is 0 Å². The van der Waals surface area contributed by atoms with Crippen LogP contribution in [0.1, 0.15) is 6.92 Å². The summed E-state index contributed by atoms with van der Waals surface area (Å²) >= 11 is 6.61. The third-order valence-electron chi connectivity index (χ3n) is 2.84. The Morgan fingerprint density at radius 2 is 2.05 bits per heavy atom. The molecule has 19 heavy (non-hydrogen) atoms. The molecule has 2 rings (SSSR count). The molecule has 1 aliphatic rings. The second-order valence-electron chi connectivity index (χ2n) is 4.29. The van der Waals surface area contributed by atoms with Crippen molar-refractivity contribution in [1.29, 1.82) is 0 Å². The molecule has 1 aliphatic heterocycles. The summed E-state index contributed by atoms with van der Waals surface area (Å²) in [6, 6.07) is 5.36. The van der Waals surface area contributed by atoms with Gasteiger partial charge in [0.2, 0.25) is 10.0 Å². The SMILES string of the molecule is CC1CN(S(=O)(=O)c2cc(Br)ccc2Br)CCN1.Cl. The molecule has 1 unspecified atom stereocenters. The monoisotopic (exact) mass is 432 g/mol. The zero-order valence-electron chi connectivity index (χ0n) is 10.3. The fraction of sp³-hybridized carbons (Fsp3) is 0.455. The summed E-state index contributed by atoms with van der Waals surface area (Å²) in [5, 5.41) is 3.23. The molecule has 0 amide bonds. The highest BCUT2D eigenvalue weighted by Crippen LogP contribution is 2.28. The predicted octanol–water partition coefficient (Wildman–Crippen LogP) is 2.62. The van der Waals surface area contributed by atoms with Gasteiger partial charge < -0.3 is 5.32 Å². The van der Waals surface area contributed by atoms with E-state index in [0.29, 0.717) is 29.0 Å². The molecule has 0 aliphatic carbocycles. The van der Waals surface area contributed by atoms with Crippen LogP contribution in [-0.4, -0.2) is 38.4 Å². The number of sulfonamides is 1. The Bertz CT molecular complexity index is 554. The zero-order valence-corrected chi connectivity index (χ0v) is 15.1. The molecule has 0 radical (unpaired) electrons. The summed E-state index contributed by atoms with van der Waals surface area (Å²) in [7, 11) is -3.43. The van der Waals surface area contributed by atoms with Crippen LogP contribution >= 0.6 is 44.3 Å². The Morgan fingerprint density at radius 3 is 2.68 bits per heavy atom. The number of nitrogens with one attached hydrogen (secondary N) is 1. The Morgan fingerprint density at radius 1 is 1.37 bits per heavy atom. The lowest BCUT2D eigenvalue weighted by Crippen LogP contribution is -2.51. The minimum absolute atomic E-state index is 0. The van der Waals surface area contributed by atoms with Crippen molar-refractivity contribution in [3.05, 3.63) is 27.1 Å². The first kappa shape index (κ1) is 17.4. The van der Waals surface area contributed by atoms with E-state index in [1.807, 2.05) is 13.0 Å². The van der Waals surface area contributed by atoms with Gasteiger partial charge in [0.15, 0.2) is 0 Å². The number of nitrogens with zero attached hydrogens (tertiary/aromatic N) is 1. The number of hydrogen-bond acceptors (Lipinski definition) is 3. The van der Waals surface area contributed by atoms with Crippen LogP contribution in [-0.2, 0) is 10.0 Å². The third kappa shape index (κ3) is 3.92. The topological polar surface area (TPSA) is 49.4 Å². The first-order valence-corrected chi connectivity index (χ1v) is 8.62. The lowest BCUT2D eigenvalue weighted by Gasteiger charge is -2.31. The van der Waals surface area contributed by atoms with Crippen molar-refractivity contribution in [1.82, 2.24) is 9.62 Å². The van der Waals surface area contributed by atoms with Crippen LogP contribution < -0.4 is 5.32 Å². The minimum Gasteiger partial charge on any atom is -0.312 e. The van der Waals surface area contributed by atoms with Crippen molar-refractivity contribution in [3.63, 3.8) is 0 Å². The summed E-state index contributed by atoms with van der Waals surface area (Å²) in [5.41, 5.74) is 0. The van der Waals surface area contributed by atoms with E-state index < -0.39 is 10.0 Å². The largest absolute Gasteiger partial charge is 0.312 e. The van der Waals surface area contributed by atoms with Gasteiger partial charge in [-0.15, -0.1) is 12.4 Å². The molecule has 1 fully saturated rings. The fourth-order valence-corrected chi connectivity index (χ4v) is 4.92. The van der Waals surface area contributed by atoms with Gasteiger partial charge in [-0.2, -0.15) is 4.31 Å². The summed E-state index contributed by atoms with van der Waals surface area (Å²) in [4.78, 5) is 0.311. The van der Waals surface area contributed by atoms with Gasteiger partial charge in [0.1, 0.15) is 0 Å². The Balaban J connectivity index is 0.00000180. The van der Waals surface area contributed by atoms with Crippen LogP contribution in [0.4, 0.5) is 0 Å². The normalized spacial score (nSPS) is 20.9. The molecule has 1 aromatic rings. The van der Waals surface area contributed by atoms with Crippen molar-refractivity contribution in [2.45, 2.75) is 17.9 Å². The maximum absolute atomic E-state index is 12.6. The molecular formula is C11H15Br2ClN2O2S. The summed E-state index contributed by atoms with van der Waals surface area (Å²) in [5.74, 6) is 0. The summed E-state index contributed by atoms with van der Waals surface area (Å²) in [6.45, 7) is 3.68. The predicted molar refractivity (Wildman–Crippen MR) is 85.3 cm³/mol. The summed E-state index contributed by atoms with van der Waals surface area (Å²) < 4.78 is 28.0. The third-order valence-corrected chi connectivity index (χ3v) is 6.19. The maximum Gasteiger partial charge on any atom is 0.244 e. The highest BCUT2D eigenvalue weighted by molar-refractivity contribution is 9.11. The number of rotatable bonds is 2. The molecule has 1 aromatic carbocycles. The standard InChI is InChI=1S/C11H14Br2N2O2S.ClH/c1-8-7-15(5-4-14-8)18(16,17)11-6-9(12)2-3-10(11)13;/h2-3,6,8,14H,4-5,7H2,1H3;1H. The second kappa shape index (κ2) is 6.87. The number of benzene rings is 1. The highest BCUT2D eigenvalue weighted by atomic mass is 79.9. The van der Waals surface area contributed by atoms with E-state index in [4.69, 9.17) is 0 Å². The lowest BCUT2D eigenvalue weighted by atomic mass is 10.3. The van der Waals surface area contributed by atoms with E-state index in [1.54, 1.807) is 12.1 Å². The molecule has 1 N–H and O–H groups in total. The Kier molecular flexibility index (Phi) is 6.28. The van der Waals surface area contributed by atoms with Gasteiger partial charge in [-0.05, 0) is 41.1 Å². The van der Waals surface area contributed by atoms with Crippen LogP contribution in [0.15, 0.2) is 32.0 Å². The molecule has 0 saturated carbocycles. The molecule has 1 atom stereocenters. The van der Waals surface area contributed by atoms with Crippen molar-refractivity contribution >= 4 is 54.3 Å². The quantitative estimate of drug-likeness (QED) is 0.779. The second-order valence-corrected chi connectivity index (χ2v) is 7.97. The van der Waals surface area contributed by atoms with Crippen molar-refractivity contribution < 1.29 is 8.42 Å². The van der Waals surface area contributed by atoms with Gasteiger partial charge in [-0.3, -0.25) is 0 Å². The van der Waals surface area contributed by atoms with E-state index in [-0.39, 0.29) is 18.4 Å². The van der Waals surface area contributed by atoms with Crippen LogP contribution in [0.2, 0.25) is 0 Å². The lowest BCUT2D eigenvalue weighted by molar-refractivity contribution is 0.310. The van der Waals surface area contributed by atoms with Gasteiger partial charge in [0.05, 0.1) is 4.90 Å². The molecule has 1 saturated heterocycles. The first-order chi connectivity index (χ1) is 8.41. The van der Waals surface area contributed by atoms with E-state index in [2.05, 4.69) is 37.2 Å². The van der Waals surface area contributed by atoms with Gasteiger partial charge in [0.25, 0.3) is 0 Å². The maximum atomic E-state index is 12.6. The van der Waals surface area contributed by atoms with Crippen LogP contribution in [0.3, 0.4) is 0 Å². The van der Waals surface area contributed by atoms with E-state index in [1.165, 1.54) is 4.31 Å². The number of hydrogen-bond donors (Lipinski definition) is 1. The Labute approximate surface area is 136 Å². The molecule has 0 bridgehead atoms. The molecule has 1 heterocycles. The molecule has 0 aromatic heterocycles. The van der Waals surface area contributed by atoms with Crippen LogP contribution in [0.25, 0.3) is 0 Å². The Hall–Kier alpha value is 0.340. The average molecular weight is 435 g/mol. The van der Waals surface area contributed by atoms with Gasteiger partial charge in [-0.1, -0.05) is 15.9 Å². The molecule has 4 nitrogen and oxygen atoms in total. The molecule has 108 valence electrons. The minimum atomic E-state index is -3.43. The van der Waals surface area contributed by atoms with E-state index in [0.717, 1.165) is 4.47 Å². The van der Waals surface area contributed by atoms with Crippen molar-refractivity contribution in [3.8, 4) is 0 Å². The van der Waals surface area contributed by atoms with Gasteiger partial charge in [-0.25, -0.2) is 8.42 Å². The fourth-order valence-electron chi connectivity index (χ4n) is 1.93. The van der Waals surface area contributed by atoms with Gasteiger partial charge in [0, 0.05) is 34.6 Å². The van der Waals surface area contributed by atoms with Crippen molar-refractivity contribution in [2.75, 3.05) is 19.6 Å². The summed E-state index contributed by atoms with van der Waals surface area (Å²) in [6.07, 6.45) is 0. The zero-order chi connectivity index (χ0) is 13.3.